The van der Waals surface area contributed by atoms with E-state index in [4.69, 9.17) is 0 Å². The Balaban J connectivity index is 1.24. The van der Waals surface area contributed by atoms with Crippen molar-refractivity contribution in [3.63, 3.8) is 0 Å². The van der Waals surface area contributed by atoms with Crippen molar-refractivity contribution in [3.05, 3.63) is 28.3 Å². The molecule has 2 bridgehead atoms. The Hall–Kier alpha value is -1.24. The van der Waals surface area contributed by atoms with Crippen molar-refractivity contribution in [1.82, 2.24) is 13.9 Å². The molecule has 5 rings (SSSR count). The molecule has 6 heteroatoms. The fraction of sp³-hybridized carbons (Fsp3) is 0.650. The predicted molar refractivity (Wildman–Crippen MR) is 106 cm³/mol. The highest BCUT2D eigenvalue weighted by Crippen LogP contribution is 2.38. The molecule has 1 aromatic rings. The average Bonchev–Trinajstić information content (AvgIpc) is 3.32. The molecule has 2 unspecified atom stereocenters. The Morgan fingerprint density at radius 2 is 1.65 bits per heavy atom. The van der Waals surface area contributed by atoms with Crippen LogP contribution in [0, 0.1) is 0 Å². The molecule has 0 aromatic heterocycles. The number of anilines is 1. The van der Waals surface area contributed by atoms with Gasteiger partial charge in [-0.3, -0.25) is 9.62 Å². The van der Waals surface area contributed by atoms with Crippen LogP contribution in [-0.4, -0.2) is 47.5 Å². The zero-order valence-corrected chi connectivity index (χ0v) is 16.3. The van der Waals surface area contributed by atoms with E-state index >= 15 is 0 Å². The normalized spacial score (nSPS) is 27.4. The molecule has 0 radical (unpaired) electrons. The fourth-order valence-electron chi connectivity index (χ4n) is 5.36. The maximum absolute atomic E-state index is 12.6. The number of amides is 2. The second-order valence-electron chi connectivity index (χ2n) is 8.28. The van der Waals surface area contributed by atoms with Gasteiger partial charge in [0.25, 0.3) is 0 Å². The third-order valence-electron chi connectivity index (χ3n) is 6.79. The van der Waals surface area contributed by atoms with Gasteiger partial charge in [0.1, 0.15) is 0 Å². The second kappa shape index (κ2) is 6.73. The van der Waals surface area contributed by atoms with Gasteiger partial charge in [0, 0.05) is 43.0 Å². The first-order valence-corrected chi connectivity index (χ1v) is 10.8. The third kappa shape index (κ3) is 2.92. The van der Waals surface area contributed by atoms with E-state index in [1.165, 1.54) is 60.1 Å². The zero-order chi connectivity index (χ0) is 17.7. The Labute approximate surface area is 160 Å². The highest BCUT2D eigenvalue weighted by molar-refractivity contribution is 7.95. The quantitative estimate of drug-likeness (QED) is 0.801. The molecule has 4 aliphatic rings. The monoisotopic (exact) mass is 372 g/mol. The Morgan fingerprint density at radius 3 is 2.27 bits per heavy atom. The van der Waals surface area contributed by atoms with Crippen LogP contribution in [-0.2, 0) is 25.7 Å². The van der Waals surface area contributed by atoms with Crippen molar-refractivity contribution in [2.24, 2.45) is 0 Å². The molecule has 1 aromatic carbocycles. The number of urea groups is 1. The molecule has 2 atom stereocenters. The number of rotatable bonds is 3. The summed E-state index contributed by atoms with van der Waals surface area (Å²) in [5, 5.41) is 3.22. The first kappa shape index (κ1) is 16.9. The van der Waals surface area contributed by atoms with E-state index in [0.717, 1.165) is 44.5 Å². The molecule has 2 aliphatic heterocycles. The lowest BCUT2D eigenvalue weighted by molar-refractivity contribution is 0.147. The SMILES string of the molecule is CN1C2CCC1CN(SNC(=O)Nc1c3c(cc4c1CCC4)CCC3)C2. The van der Waals surface area contributed by atoms with Crippen molar-refractivity contribution < 1.29 is 4.79 Å². The van der Waals surface area contributed by atoms with Gasteiger partial charge >= 0.3 is 6.03 Å². The predicted octanol–water partition coefficient (Wildman–Crippen LogP) is 3.13. The topological polar surface area (TPSA) is 47.6 Å². The molecule has 2 saturated heterocycles. The number of carbonyl (C=O) groups is 1. The Kier molecular flexibility index (Phi) is 4.38. The minimum Gasteiger partial charge on any atom is -0.307 e. The first-order chi connectivity index (χ1) is 12.7. The summed E-state index contributed by atoms with van der Waals surface area (Å²) in [6, 6.07) is 3.62. The number of nitrogens with zero attached hydrogens (tertiary/aromatic N) is 2. The summed E-state index contributed by atoms with van der Waals surface area (Å²) in [6.45, 7) is 2.07. The zero-order valence-electron chi connectivity index (χ0n) is 15.5. The van der Waals surface area contributed by atoms with Gasteiger partial charge in [0.15, 0.2) is 0 Å². The summed E-state index contributed by atoms with van der Waals surface area (Å²) in [4.78, 5) is 15.1. The number of piperazine rings is 1. The van der Waals surface area contributed by atoms with E-state index in [2.05, 4.69) is 32.4 Å². The van der Waals surface area contributed by atoms with Crippen molar-refractivity contribution in [3.8, 4) is 0 Å². The highest BCUT2D eigenvalue weighted by Gasteiger charge is 2.38. The number of likely N-dealkylation sites (N-methyl/N-ethyl adjacent to an activating group) is 1. The van der Waals surface area contributed by atoms with Gasteiger partial charge in [0.05, 0.1) is 0 Å². The third-order valence-corrected chi connectivity index (χ3v) is 7.63. The minimum atomic E-state index is -0.0734. The second-order valence-corrected chi connectivity index (χ2v) is 9.18. The lowest BCUT2D eigenvalue weighted by Gasteiger charge is -2.37. The van der Waals surface area contributed by atoms with Crippen LogP contribution in [0.25, 0.3) is 0 Å². The maximum atomic E-state index is 12.6. The van der Waals surface area contributed by atoms with E-state index < -0.39 is 0 Å². The van der Waals surface area contributed by atoms with E-state index in [1.54, 1.807) is 0 Å². The summed E-state index contributed by atoms with van der Waals surface area (Å²) < 4.78 is 5.36. The van der Waals surface area contributed by atoms with Gasteiger partial charge in [-0.15, -0.1) is 0 Å². The summed E-state index contributed by atoms with van der Waals surface area (Å²) in [5.41, 5.74) is 6.84. The van der Waals surface area contributed by atoms with E-state index in [9.17, 15) is 4.79 Å². The molecular formula is C20H28N4OS. The Morgan fingerprint density at radius 1 is 1.04 bits per heavy atom. The number of carbonyl (C=O) groups excluding carboxylic acids is 1. The highest BCUT2D eigenvalue weighted by atomic mass is 32.2. The Bertz CT molecular complexity index is 691. The van der Waals surface area contributed by atoms with Gasteiger partial charge in [-0.2, -0.15) is 0 Å². The van der Waals surface area contributed by atoms with Crippen molar-refractivity contribution in [2.45, 2.75) is 63.5 Å². The summed E-state index contributed by atoms with van der Waals surface area (Å²) in [5.74, 6) is 0. The van der Waals surface area contributed by atoms with Crippen molar-refractivity contribution in [1.29, 1.82) is 0 Å². The number of hydrogen-bond acceptors (Lipinski definition) is 4. The molecule has 2 amide bonds. The van der Waals surface area contributed by atoms with Gasteiger partial charge < -0.3 is 5.32 Å². The number of hydrogen-bond donors (Lipinski definition) is 2. The van der Waals surface area contributed by atoms with Crippen LogP contribution in [0.5, 0.6) is 0 Å². The molecule has 140 valence electrons. The van der Waals surface area contributed by atoms with Crippen LogP contribution in [0.2, 0.25) is 0 Å². The first-order valence-electron chi connectivity index (χ1n) is 10.1. The van der Waals surface area contributed by atoms with Crippen molar-refractivity contribution >= 4 is 23.9 Å². The minimum absolute atomic E-state index is 0.0734. The number of nitrogens with one attached hydrogen (secondary N) is 2. The van der Waals surface area contributed by atoms with Crippen molar-refractivity contribution in [2.75, 3.05) is 25.5 Å². The standard InChI is InChI=1S/C20H28N4OS/c1-23-15-8-9-16(23)12-24(11-15)26-22-20(25)21-19-17-6-2-4-13(17)10-14-5-3-7-18(14)19/h10,15-16H,2-9,11-12H2,1H3,(H2,21,22,25). The van der Waals surface area contributed by atoms with Crippen LogP contribution in [0.1, 0.15) is 47.9 Å². The van der Waals surface area contributed by atoms with Gasteiger partial charge in [-0.25, -0.2) is 9.10 Å². The molecule has 2 fully saturated rings. The van der Waals surface area contributed by atoms with E-state index in [1.807, 2.05) is 0 Å². The lowest BCUT2D eigenvalue weighted by Crippen LogP contribution is -2.50. The van der Waals surface area contributed by atoms with Gasteiger partial charge in [0.2, 0.25) is 0 Å². The molecular weight excluding hydrogens is 344 g/mol. The molecule has 2 N–H and O–H groups in total. The largest absolute Gasteiger partial charge is 0.330 e. The molecule has 2 heterocycles. The van der Waals surface area contributed by atoms with Crippen LogP contribution < -0.4 is 10.0 Å². The number of aryl methyl sites for hydroxylation is 2. The van der Waals surface area contributed by atoms with E-state index in [-0.39, 0.29) is 6.03 Å². The maximum Gasteiger partial charge on any atom is 0.330 e. The summed E-state index contributed by atoms with van der Waals surface area (Å²) >= 11 is 1.49. The van der Waals surface area contributed by atoms with Gasteiger partial charge in [-0.05, 0) is 80.7 Å². The number of benzene rings is 1. The van der Waals surface area contributed by atoms with Gasteiger partial charge in [-0.1, -0.05) is 6.07 Å². The lowest BCUT2D eigenvalue weighted by atomic mass is 9.99. The van der Waals surface area contributed by atoms with E-state index in [0.29, 0.717) is 12.1 Å². The summed E-state index contributed by atoms with van der Waals surface area (Å²) in [6.07, 6.45) is 9.54. The van der Waals surface area contributed by atoms with Crippen LogP contribution in [0.15, 0.2) is 6.07 Å². The molecule has 0 saturated carbocycles. The average molecular weight is 373 g/mol. The van der Waals surface area contributed by atoms with Crippen LogP contribution in [0.4, 0.5) is 10.5 Å². The molecule has 0 spiro atoms. The molecule has 2 aliphatic carbocycles. The smallest absolute Gasteiger partial charge is 0.307 e. The number of fused-ring (bicyclic) bond motifs is 4. The summed E-state index contributed by atoms with van der Waals surface area (Å²) in [7, 11) is 2.24. The fourth-order valence-corrected chi connectivity index (χ4v) is 6.12. The van der Waals surface area contributed by atoms with Crippen LogP contribution >= 0.6 is 12.1 Å². The molecule has 26 heavy (non-hydrogen) atoms. The van der Waals surface area contributed by atoms with Crippen LogP contribution in [0.3, 0.4) is 0 Å². The molecule has 5 nitrogen and oxygen atoms in total.